The largest absolute Gasteiger partial charge is 0.330 e. The fourth-order valence-electron chi connectivity index (χ4n) is 2.09. The van der Waals surface area contributed by atoms with Gasteiger partial charge in [0, 0.05) is 28.7 Å². The van der Waals surface area contributed by atoms with E-state index >= 15 is 0 Å². The summed E-state index contributed by atoms with van der Waals surface area (Å²) in [7, 11) is 0. The van der Waals surface area contributed by atoms with Gasteiger partial charge in [0.15, 0.2) is 0 Å². The Kier molecular flexibility index (Phi) is 2.61. The minimum atomic E-state index is 0.628. The minimum absolute atomic E-state index is 0.628. The molecule has 2 aromatic heterocycles. The Bertz CT molecular complexity index is 688. The highest BCUT2D eigenvalue weighted by Gasteiger charge is 2.07. The number of pyridine rings is 1. The third-order valence-electron chi connectivity index (χ3n) is 2.87. The fraction of sp³-hybridized carbons (Fsp3) is 0.154. The van der Waals surface area contributed by atoms with Crippen LogP contribution in [0.15, 0.2) is 41.1 Å². The van der Waals surface area contributed by atoms with Gasteiger partial charge in [0.25, 0.3) is 0 Å². The van der Waals surface area contributed by atoms with E-state index in [2.05, 4.69) is 37.4 Å². The van der Waals surface area contributed by atoms with E-state index in [0.717, 1.165) is 27.6 Å². The van der Waals surface area contributed by atoms with Gasteiger partial charge in [-0.1, -0.05) is 28.1 Å². The number of aromatic nitrogens is 2. The second kappa shape index (κ2) is 4.13. The molecule has 0 aliphatic rings. The molecule has 17 heavy (non-hydrogen) atoms. The molecule has 0 unspecified atom stereocenters. The van der Waals surface area contributed by atoms with Gasteiger partial charge in [-0.05, 0) is 24.1 Å². The normalized spacial score (nSPS) is 11.4. The highest BCUT2D eigenvalue weighted by molar-refractivity contribution is 9.10. The number of fused-ring (bicyclic) bond motifs is 3. The van der Waals surface area contributed by atoms with Gasteiger partial charge in [0.1, 0.15) is 5.65 Å². The van der Waals surface area contributed by atoms with E-state index in [1.807, 2.05) is 24.5 Å². The van der Waals surface area contributed by atoms with Crippen molar-refractivity contribution in [2.75, 3.05) is 6.54 Å². The van der Waals surface area contributed by atoms with E-state index in [1.165, 1.54) is 5.39 Å². The summed E-state index contributed by atoms with van der Waals surface area (Å²) in [4.78, 5) is 4.64. The third-order valence-corrected chi connectivity index (χ3v) is 3.53. The Morgan fingerprint density at radius 3 is 3.00 bits per heavy atom. The monoisotopic (exact) mass is 289 g/mol. The molecule has 0 spiro atoms. The van der Waals surface area contributed by atoms with Crippen molar-refractivity contribution in [2.24, 2.45) is 5.73 Å². The van der Waals surface area contributed by atoms with Crippen LogP contribution in [0.25, 0.3) is 16.4 Å². The second-order valence-corrected chi connectivity index (χ2v) is 4.88. The van der Waals surface area contributed by atoms with Gasteiger partial charge in [-0.2, -0.15) is 0 Å². The van der Waals surface area contributed by atoms with Crippen LogP contribution in [-0.4, -0.2) is 15.9 Å². The third kappa shape index (κ3) is 1.73. The van der Waals surface area contributed by atoms with E-state index in [9.17, 15) is 0 Å². The predicted octanol–water partition coefficient (Wildman–Crippen LogP) is 2.75. The number of hydrogen-bond donors (Lipinski definition) is 1. The van der Waals surface area contributed by atoms with Crippen LogP contribution in [0.4, 0.5) is 0 Å². The molecule has 86 valence electrons. The molecule has 0 aliphatic heterocycles. The molecule has 0 aliphatic carbocycles. The molecule has 0 fully saturated rings. The van der Waals surface area contributed by atoms with Crippen molar-refractivity contribution in [3.05, 3.63) is 46.8 Å². The van der Waals surface area contributed by atoms with Crippen LogP contribution in [0.2, 0.25) is 0 Å². The lowest BCUT2D eigenvalue weighted by atomic mass is 10.2. The van der Waals surface area contributed by atoms with E-state index < -0.39 is 0 Å². The van der Waals surface area contributed by atoms with Crippen LogP contribution in [0, 0.1) is 0 Å². The molecule has 4 heteroatoms. The summed E-state index contributed by atoms with van der Waals surface area (Å²) in [6.45, 7) is 0.628. The lowest BCUT2D eigenvalue weighted by Gasteiger charge is -2.02. The van der Waals surface area contributed by atoms with E-state index in [4.69, 9.17) is 5.73 Å². The van der Waals surface area contributed by atoms with Crippen molar-refractivity contribution < 1.29 is 0 Å². The first-order chi connectivity index (χ1) is 8.29. The molecule has 3 aromatic rings. The number of hydrogen-bond acceptors (Lipinski definition) is 2. The lowest BCUT2D eigenvalue weighted by molar-refractivity contribution is 0.937. The van der Waals surface area contributed by atoms with E-state index in [0.29, 0.717) is 6.54 Å². The van der Waals surface area contributed by atoms with Gasteiger partial charge < -0.3 is 10.1 Å². The highest BCUT2D eigenvalue weighted by atomic mass is 79.9. The quantitative estimate of drug-likeness (QED) is 0.788. The van der Waals surface area contributed by atoms with Gasteiger partial charge in [-0.15, -0.1) is 0 Å². The average molecular weight is 290 g/mol. The summed E-state index contributed by atoms with van der Waals surface area (Å²) >= 11 is 3.59. The topological polar surface area (TPSA) is 43.3 Å². The van der Waals surface area contributed by atoms with Gasteiger partial charge in [-0.25, -0.2) is 4.98 Å². The zero-order chi connectivity index (χ0) is 11.8. The molecule has 2 N–H and O–H groups in total. The maximum absolute atomic E-state index is 5.57. The zero-order valence-corrected chi connectivity index (χ0v) is 10.8. The van der Waals surface area contributed by atoms with Crippen molar-refractivity contribution in [3.63, 3.8) is 0 Å². The van der Waals surface area contributed by atoms with Crippen molar-refractivity contribution >= 4 is 32.3 Å². The summed E-state index contributed by atoms with van der Waals surface area (Å²) in [5.41, 5.74) is 7.59. The van der Waals surface area contributed by atoms with Crippen LogP contribution < -0.4 is 5.73 Å². The van der Waals surface area contributed by atoms with Crippen LogP contribution in [-0.2, 0) is 6.42 Å². The lowest BCUT2D eigenvalue weighted by Crippen LogP contribution is -2.02. The molecule has 1 aromatic carbocycles. The summed E-state index contributed by atoms with van der Waals surface area (Å²) in [6, 6.07) is 8.27. The molecular weight excluding hydrogens is 278 g/mol. The molecule has 0 saturated heterocycles. The van der Waals surface area contributed by atoms with Crippen LogP contribution in [0.5, 0.6) is 0 Å². The van der Waals surface area contributed by atoms with Crippen molar-refractivity contribution in [2.45, 2.75) is 6.42 Å². The van der Waals surface area contributed by atoms with Gasteiger partial charge in [0.2, 0.25) is 0 Å². The summed E-state index contributed by atoms with van der Waals surface area (Å²) in [5, 5.41) is 2.34. The Labute approximate surface area is 107 Å². The van der Waals surface area contributed by atoms with Crippen molar-refractivity contribution in [1.29, 1.82) is 0 Å². The summed E-state index contributed by atoms with van der Waals surface area (Å²) < 4.78 is 3.13. The van der Waals surface area contributed by atoms with Crippen molar-refractivity contribution in [1.82, 2.24) is 9.38 Å². The Balaban J connectivity index is 2.37. The SMILES string of the molecule is NCCc1cn2ccc3cccc(Br)c3c2n1. The molecule has 0 radical (unpaired) electrons. The summed E-state index contributed by atoms with van der Waals surface area (Å²) in [6.07, 6.45) is 4.89. The van der Waals surface area contributed by atoms with Crippen LogP contribution >= 0.6 is 15.9 Å². The molecule has 2 heterocycles. The Morgan fingerprint density at radius 2 is 2.18 bits per heavy atom. The molecule has 0 amide bonds. The van der Waals surface area contributed by atoms with Crippen LogP contribution in [0.1, 0.15) is 5.69 Å². The number of nitrogens with zero attached hydrogens (tertiary/aromatic N) is 2. The standard InChI is InChI=1S/C13H12BrN3/c14-11-3-1-2-9-5-7-17-8-10(4-6-15)16-13(17)12(9)11/h1-3,5,7-8H,4,6,15H2. The first-order valence-electron chi connectivity index (χ1n) is 5.54. The average Bonchev–Trinajstić information content (AvgIpc) is 2.72. The van der Waals surface area contributed by atoms with Gasteiger partial charge in [-0.3, -0.25) is 0 Å². The van der Waals surface area contributed by atoms with Gasteiger partial charge >= 0.3 is 0 Å². The highest BCUT2D eigenvalue weighted by Crippen LogP contribution is 2.27. The fourth-order valence-corrected chi connectivity index (χ4v) is 2.65. The smallest absolute Gasteiger partial charge is 0.146 e. The molecular formula is C13H12BrN3. The first kappa shape index (κ1) is 10.7. The number of rotatable bonds is 2. The first-order valence-corrected chi connectivity index (χ1v) is 6.34. The maximum Gasteiger partial charge on any atom is 0.146 e. The summed E-state index contributed by atoms with van der Waals surface area (Å²) in [5.74, 6) is 0. The number of nitrogens with two attached hydrogens (primary N) is 1. The van der Waals surface area contributed by atoms with Crippen LogP contribution in [0.3, 0.4) is 0 Å². The molecule has 0 saturated carbocycles. The minimum Gasteiger partial charge on any atom is -0.330 e. The Hall–Kier alpha value is -1.39. The molecule has 0 bridgehead atoms. The van der Waals surface area contributed by atoms with Gasteiger partial charge in [0.05, 0.1) is 5.69 Å². The second-order valence-electron chi connectivity index (χ2n) is 4.02. The van der Waals surface area contributed by atoms with E-state index in [-0.39, 0.29) is 0 Å². The maximum atomic E-state index is 5.57. The molecule has 0 atom stereocenters. The molecule has 3 rings (SSSR count). The number of halogens is 1. The predicted molar refractivity (Wildman–Crippen MR) is 73.2 cm³/mol. The van der Waals surface area contributed by atoms with E-state index in [1.54, 1.807) is 0 Å². The Morgan fingerprint density at radius 1 is 1.29 bits per heavy atom. The number of benzene rings is 1. The van der Waals surface area contributed by atoms with Crippen molar-refractivity contribution in [3.8, 4) is 0 Å². The molecule has 3 nitrogen and oxygen atoms in total. The zero-order valence-electron chi connectivity index (χ0n) is 9.23. The number of imidazole rings is 1.